The fourth-order valence-corrected chi connectivity index (χ4v) is 0.678. The highest BCUT2D eigenvalue weighted by Gasteiger charge is 2.41. The van der Waals surface area contributed by atoms with Crippen molar-refractivity contribution in [2.24, 2.45) is 5.73 Å². The summed E-state index contributed by atoms with van der Waals surface area (Å²) in [6.45, 7) is 1.79. The average Bonchev–Trinajstić information content (AvgIpc) is 2.47. The van der Waals surface area contributed by atoms with Gasteiger partial charge in [-0.3, -0.25) is 0 Å². The maximum absolute atomic E-state index is 8.99. The Balaban J connectivity index is 2.59. The average molecular weight is 113 g/mol. The number of hydrogen-bond donors (Lipinski definition) is 2. The van der Waals surface area contributed by atoms with Crippen molar-refractivity contribution in [3.63, 3.8) is 0 Å². The summed E-state index contributed by atoms with van der Waals surface area (Å²) in [5, 5.41) is 8.99. The lowest BCUT2D eigenvalue weighted by atomic mass is 10.2. The monoisotopic (exact) mass is 113 g/mol. The van der Waals surface area contributed by atoms with Crippen LogP contribution in [-0.4, -0.2) is 10.6 Å². The number of aliphatic hydroxyl groups is 1. The number of allylic oxidation sites excluding steroid dienone is 1. The first kappa shape index (κ1) is 5.63. The Morgan fingerprint density at radius 1 is 1.75 bits per heavy atom. The van der Waals surface area contributed by atoms with E-state index in [2.05, 4.69) is 0 Å². The molecular weight excluding hydrogens is 102 g/mol. The molecule has 0 unspecified atom stereocenters. The summed E-state index contributed by atoms with van der Waals surface area (Å²) in [6, 6.07) is 0. The topological polar surface area (TPSA) is 46.2 Å². The molecule has 0 amide bonds. The third kappa shape index (κ3) is 0.713. The first-order valence-electron chi connectivity index (χ1n) is 2.84. The number of rotatable bonds is 1. The molecule has 0 heterocycles. The van der Waals surface area contributed by atoms with Crippen LogP contribution in [0.1, 0.15) is 19.8 Å². The van der Waals surface area contributed by atoms with Crippen LogP contribution < -0.4 is 5.73 Å². The zero-order valence-corrected chi connectivity index (χ0v) is 5.02. The molecular formula is C6H11NO. The van der Waals surface area contributed by atoms with Crippen LogP contribution >= 0.6 is 0 Å². The molecule has 1 rings (SSSR count). The molecule has 0 bridgehead atoms. The van der Waals surface area contributed by atoms with Crippen LogP contribution in [0.15, 0.2) is 11.8 Å². The van der Waals surface area contributed by atoms with Gasteiger partial charge < -0.3 is 10.8 Å². The van der Waals surface area contributed by atoms with Crippen LogP contribution in [0, 0.1) is 0 Å². The lowest BCUT2D eigenvalue weighted by Crippen LogP contribution is -2.23. The molecule has 1 fully saturated rings. The maximum atomic E-state index is 8.99. The van der Waals surface area contributed by atoms with Crippen molar-refractivity contribution in [3.8, 4) is 0 Å². The summed E-state index contributed by atoms with van der Waals surface area (Å²) in [5.74, 6) is 0.345. The molecule has 2 heteroatoms. The third-order valence-electron chi connectivity index (χ3n) is 1.57. The van der Waals surface area contributed by atoms with Crippen molar-refractivity contribution in [2.45, 2.75) is 25.3 Å². The van der Waals surface area contributed by atoms with E-state index in [4.69, 9.17) is 10.8 Å². The molecule has 0 aromatic carbocycles. The molecule has 0 atom stereocenters. The molecule has 0 aromatic rings. The molecule has 1 saturated carbocycles. The van der Waals surface area contributed by atoms with Crippen LogP contribution in [0.5, 0.6) is 0 Å². The number of hydrogen-bond acceptors (Lipinski definition) is 2. The Bertz CT molecular complexity index is 124. The van der Waals surface area contributed by atoms with Gasteiger partial charge in [-0.05, 0) is 25.8 Å². The van der Waals surface area contributed by atoms with Gasteiger partial charge in [-0.25, -0.2) is 0 Å². The van der Waals surface area contributed by atoms with Gasteiger partial charge in [0, 0.05) is 0 Å². The lowest BCUT2D eigenvalue weighted by molar-refractivity contribution is 0.358. The summed E-state index contributed by atoms with van der Waals surface area (Å²) in [6.07, 6.45) is 3.53. The Hall–Kier alpha value is -0.500. The smallest absolute Gasteiger partial charge is 0.108 e. The molecule has 2 nitrogen and oxygen atoms in total. The summed E-state index contributed by atoms with van der Waals surface area (Å²) < 4.78 is 0. The molecule has 0 saturated heterocycles. The standard InChI is InChI=1S/C6H11NO/c1-2-5(8)6(7)3-4-6/h2,8H,3-4,7H2,1H3/b5-2-. The Labute approximate surface area is 49.0 Å². The first-order chi connectivity index (χ1) is 3.69. The van der Waals surface area contributed by atoms with Crippen LogP contribution in [0.25, 0.3) is 0 Å². The van der Waals surface area contributed by atoms with E-state index in [1.54, 1.807) is 13.0 Å². The summed E-state index contributed by atoms with van der Waals surface area (Å²) >= 11 is 0. The lowest BCUT2D eigenvalue weighted by Gasteiger charge is -2.04. The molecule has 46 valence electrons. The van der Waals surface area contributed by atoms with Gasteiger partial charge in [-0.1, -0.05) is 0 Å². The molecule has 0 radical (unpaired) electrons. The molecule has 0 aromatic heterocycles. The van der Waals surface area contributed by atoms with Crippen molar-refractivity contribution in [1.29, 1.82) is 0 Å². The van der Waals surface area contributed by atoms with Gasteiger partial charge in [-0.2, -0.15) is 0 Å². The largest absolute Gasteiger partial charge is 0.511 e. The van der Waals surface area contributed by atoms with Gasteiger partial charge in [0.2, 0.25) is 0 Å². The predicted molar refractivity (Wildman–Crippen MR) is 32.5 cm³/mol. The van der Waals surface area contributed by atoms with E-state index in [1.165, 1.54) is 0 Å². The first-order valence-corrected chi connectivity index (χ1v) is 2.84. The summed E-state index contributed by atoms with van der Waals surface area (Å²) in [7, 11) is 0. The minimum Gasteiger partial charge on any atom is -0.511 e. The van der Waals surface area contributed by atoms with Crippen molar-refractivity contribution >= 4 is 0 Å². The van der Waals surface area contributed by atoms with Gasteiger partial charge in [0.25, 0.3) is 0 Å². The van der Waals surface area contributed by atoms with E-state index in [-0.39, 0.29) is 5.54 Å². The molecule has 1 aliphatic carbocycles. The van der Waals surface area contributed by atoms with Crippen LogP contribution in [0.4, 0.5) is 0 Å². The van der Waals surface area contributed by atoms with Crippen LogP contribution in [0.3, 0.4) is 0 Å². The minimum absolute atomic E-state index is 0.325. The van der Waals surface area contributed by atoms with Crippen molar-refractivity contribution in [1.82, 2.24) is 0 Å². The Morgan fingerprint density at radius 3 is 2.38 bits per heavy atom. The normalized spacial score (nSPS) is 25.5. The third-order valence-corrected chi connectivity index (χ3v) is 1.57. The van der Waals surface area contributed by atoms with Gasteiger partial charge in [0.1, 0.15) is 5.76 Å². The van der Waals surface area contributed by atoms with E-state index >= 15 is 0 Å². The molecule has 8 heavy (non-hydrogen) atoms. The van der Waals surface area contributed by atoms with Gasteiger partial charge in [-0.15, -0.1) is 0 Å². The van der Waals surface area contributed by atoms with E-state index in [1.807, 2.05) is 0 Å². The zero-order chi connectivity index (χ0) is 6.20. The Morgan fingerprint density at radius 2 is 2.25 bits per heavy atom. The molecule has 0 aliphatic heterocycles. The summed E-state index contributed by atoms with van der Waals surface area (Å²) in [5.41, 5.74) is 5.26. The second-order valence-corrected chi connectivity index (χ2v) is 2.33. The maximum Gasteiger partial charge on any atom is 0.108 e. The van der Waals surface area contributed by atoms with E-state index in [9.17, 15) is 0 Å². The number of nitrogens with two attached hydrogens (primary N) is 1. The second kappa shape index (κ2) is 1.49. The fourth-order valence-electron chi connectivity index (χ4n) is 0.678. The quantitative estimate of drug-likeness (QED) is 0.497. The highest BCUT2D eigenvalue weighted by molar-refractivity contribution is 5.20. The predicted octanol–water partition coefficient (Wildman–Crippen LogP) is 0.940. The molecule has 1 aliphatic rings. The van der Waals surface area contributed by atoms with Crippen LogP contribution in [0.2, 0.25) is 0 Å². The van der Waals surface area contributed by atoms with E-state index in [0.29, 0.717) is 5.76 Å². The van der Waals surface area contributed by atoms with E-state index in [0.717, 1.165) is 12.8 Å². The SMILES string of the molecule is C/C=C(\O)C1(N)CC1. The van der Waals surface area contributed by atoms with Crippen LogP contribution in [-0.2, 0) is 0 Å². The molecule has 0 spiro atoms. The molecule has 3 N–H and O–H groups in total. The van der Waals surface area contributed by atoms with Gasteiger partial charge in [0.05, 0.1) is 5.54 Å². The minimum atomic E-state index is -0.325. The second-order valence-electron chi connectivity index (χ2n) is 2.33. The Kier molecular flexibility index (Phi) is 1.05. The fraction of sp³-hybridized carbons (Fsp3) is 0.667. The van der Waals surface area contributed by atoms with Gasteiger partial charge >= 0.3 is 0 Å². The van der Waals surface area contributed by atoms with Crippen molar-refractivity contribution < 1.29 is 5.11 Å². The van der Waals surface area contributed by atoms with Gasteiger partial charge in [0.15, 0.2) is 0 Å². The van der Waals surface area contributed by atoms with Crippen molar-refractivity contribution in [3.05, 3.63) is 11.8 Å². The van der Waals surface area contributed by atoms with E-state index < -0.39 is 0 Å². The van der Waals surface area contributed by atoms with Crippen molar-refractivity contribution in [2.75, 3.05) is 0 Å². The highest BCUT2D eigenvalue weighted by atomic mass is 16.3. The highest BCUT2D eigenvalue weighted by Crippen LogP contribution is 2.37. The summed E-state index contributed by atoms with van der Waals surface area (Å²) in [4.78, 5) is 0. The number of aliphatic hydroxyl groups excluding tert-OH is 1. The zero-order valence-electron chi connectivity index (χ0n) is 5.02.